The molecule has 1 aromatic heterocycles. The number of rotatable bonds is 6. The maximum atomic E-state index is 11.7. The van der Waals surface area contributed by atoms with E-state index in [9.17, 15) is 9.59 Å². The lowest BCUT2D eigenvalue weighted by Gasteiger charge is -2.04. The number of aromatic amines is 1. The third kappa shape index (κ3) is 2.83. The van der Waals surface area contributed by atoms with E-state index < -0.39 is 5.97 Å². The van der Waals surface area contributed by atoms with Crippen LogP contribution in [-0.4, -0.2) is 45.6 Å². The zero-order chi connectivity index (χ0) is 13.8. The molecule has 0 atom stereocenters. The minimum absolute atomic E-state index is 0.0647. The van der Waals surface area contributed by atoms with Gasteiger partial charge in [-0.25, -0.2) is 9.59 Å². The minimum atomic E-state index is -1.04. The summed E-state index contributed by atoms with van der Waals surface area (Å²) in [6.45, 7) is 0.796. The van der Waals surface area contributed by atoms with E-state index in [1.165, 1.54) is 16.7 Å². The predicted molar refractivity (Wildman–Crippen MR) is 67.4 cm³/mol. The first-order chi connectivity index (χ1) is 9.13. The number of nitrogens with one attached hydrogen (secondary N) is 1. The molecule has 0 aliphatic rings. The Balaban J connectivity index is 2.27. The van der Waals surface area contributed by atoms with Gasteiger partial charge in [0, 0.05) is 0 Å². The van der Waals surface area contributed by atoms with Crippen LogP contribution in [0.1, 0.15) is 10.4 Å². The molecule has 2 aromatic rings. The zero-order valence-electron chi connectivity index (χ0n) is 10.1. The Hall–Kier alpha value is -2.12. The van der Waals surface area contributed by atoms with Crippen molar-refractivity contribution in [3.63, 3.8) is 0 Å². The number of benzene rings is 1. The Morgan fingerprint density at radius 3 is 2.84 bits per heavy atom. The van der Waals surface area contributed by atoms with Crippen LogP contribution in [0.2, 0.25) is 0 Å². The normalized spacial score (nSPS) is 11.0. The molecule has 0 aliphatic carbocycles. The second kappa shape index (κ2) is 5.68. The maximum absolute atomic E-state index is 11.7. The van der Waals surface area contributed by atoms with Gasteiger partial charge in [-0.15, -0.1) is 0 Å². The molecule has 0 fully saturated rings. The van der Waals surface area contributed by atoms with E-state index in [1.807, 2.05) is 0 Å². The van der Waals surface area contributed by atoms with Gasteiger partial charge in [0.15, 0.2) is 0 Å². The van der Waals surface area contributed by atoms with Crippen LogP contribution in [0.15, 0.2) is 23.0 Å². The predicted octanol–water partition coefficient (Wildman–Crippen LogP) is 0.0367. The van der Waals surface area contributed by atoms with Crippen molar-refractivity contribution in [1.29, 1.82) is 0 Å². The Morgan fingerprint density at radius 1 is 1.37 bits per heavy atom. The number of aromatic carboxylic acids is 1. The molecule has 2 rings (SSSR count). The van der Waals surface area contributed by atoms with Crippen LogP contribution in [0.25, 0.3) is 11.0 Å². The van der Waals surface area contributed by atoms with Crippen molar-refractivity contribution in [1.82, 2.24) is 9.55 Å². The van der Waals surface area contributed by atoms with E-state index in [4.69, 9.17) is 14.9 Å². The van der Waals surface area contributed by atoms with Crippen LogP contribution in [0.5, 0.6) is 0 Å². The SMILES string of the molecule is O=C(O)c1ccc2c(c1)[nH]c(=O)n2CCOCCO. The van der Waals surface area contributed by atoms with E-state index in [0.29, 0.717) is 24.2 Å². The van der Waals surface area contributed by atoms with Gasteiger partial charge in [-0.2, -0.15) is 0 Å². The van der Waals surface area contributed by atoms with Crippen molar-refractivity contribution in [2.75, 3.05) is 19.8 Å². The van der Waals surface area contributed by atoms with Gasteiger partial charge in [0.1, 0.15) is 0 Å². The molecule has 0 amide bonds. The summed E-state index contributed by atoms with van der Waals surface area (Å²) in [7, 11) is 0. The molecule has 0 spiro atoms. The lowest BCUT2D eigenvalue weighted by Crippen LogP contribution is -2.20. The first-order valence-corrected chi connectivity index (χ1v) is 5.78. The summed E-state index contributed by atoms with van der Waals surface area (Å²) < 4.78 is 6.57. The van der Waals surface area contributed by atoms with Crippen molar-refractivity contribution in [2.24, 2.45) is 0 Å². The fraction of sp³-hybridized carbons (Fsp3) is 0.333. The smallest absolute Gasteiger partial charge is 0.335 e. The molecule has 1 aromatic carbocycles. The van der Waals surface area contributed by atoms with Gasteiger partial charge in [0.25, 0.3) is 0 Å². The summed E-state index contributed by atoms with van der Waals surface area (Å²) in [4.78, 5) is 25.2. The fourth-order valence-electron chi connectivity index (χ4n) is 1.84. The number of hydrogen-bond acceptors (Lipinski definition) is 4. The number of carboxylic acid groups (broad SMARTS) is 1. The fourth-order valence-corrected chi connectivity index (χ4v) is 1.84. The number of aliphatic hydroxyl groups is 1. The summed E-state index contributed by atoms with van der Waals surface area (Å²) in [6, 6.07) is 4.45. The Morgan fingerprint density at radius 2 is 2.16 bits per heavy atom. The molecule has 19 heavy (non-hydrogen) atoms. The topological polar surface area (TPSA) is 105 Å². The minimum Gasteiger partial charge on any atom is -0.478 e. The van der Waals surface area contributed by atoms with Gasteiger partial charge in [-0.3, -0.25) is 4.57 Å². The summed E-state index contributed by atoms with van der Waals surface area (Å²) in [5.41, 5.74) is 0.914. The molecule has 0 saturated carbocycles. The standard InChI is InChI=1S/C12H14N2O5/c15-4-6-19-5-3-14-10-2-1-8(11(16)17)7-9(10)13-12(14)18/h1-2,7,15H,3-6H2,(H,13,18)(H,16,17). The molecule has 0 radical (unpaired) electrons. The van der Waals surface area contributed by atoms with Gasteiger partial charge in [0.05, 0.1) is 43.0 Å². The molecule has 1 heterocycles. The number of fused-ring (bicyclic) bond motifs is 1. The molecule has 3 N–H and O–H groups in total. The number of hydrogen-bond donors (Lipinski definition) is 3. The maximum Gasteiger partial charge on any atom is 0.335 e. The van der Waals surface area contributed by atoms with Crippen LogP contribution in [0.3, 0.4) is 0 Å². The van der Waals surface area contributed by atoms with E-state index in [-0.39, 0.29) is 24.5 Å². The summed E-state index contributed by atoms with van der Waals surface area (Å²) in [5.74, 6) is -1.04. The van der Waals surface area contributed by atoms with E-state index in [0.717, 1.165) is 0 Å². The van der Waals surface area contributed by atoms with Crippen molar-refractivity contribution in [2.45, 2.75) is 6.54 Å². The molecule has 7 heteroatoms. The van der Waals surface area contributed by atoms with E-state index in [2.05, 4.69) is 4.98 Å². The zero-order valence-corrected chi connectivity index (χ0v) is 10.1. The quantitative estimate of drug-likeness (QED) is 0.640. The number of carbonyl (C=O) groups is 1. The second-order valence-corrected chi connectivity index (χ2v) is 3.95. The molecule has 0 saturated heterocycles. The highest BCUT2D eigenvalue weighted by molar-refractivity contribution is 5.92. The van der Waals surface area contributed by atoms with Crippen molar-refractivity contribution in [3.8, 4) is 0 Å². The van der Waals surface area contributed by atoms with Gasteiger partial charge < -0.3 is 19.9 Å². The number of aromatic nitrogens is 2. The molecule has 102 valence electrons. The molecule has 7 nitrogen and oxygen atoms in total. The molecule has 0 aliphatic heterocycles. The second-order valence-electron chi connectivity index (χ2n) is 3.95. The number of nitrogens with zero attached hydrogens (tertiary/aromatic N) is 1. The highest BCUT2D eigenvalue weighted by atomic mass is 16.5. The lowest BCUT2D eigenvalue weighted by molar-refractivity contribution is 0.0697. The molecule has 0 bridgehead atoms. The van der Waals surface area contributed by atoms with Crippen LogP contribution in [0.4, 0.5) is 0 Å². The van der Waals surface area contributed by atoms with Crippen LogP contribution in [0, 0.1) is 0 Å². The third-order valence-corrected chi connectivity index (χ3v) is 2.72. The van der Waals surface area contributed by atoms with Gasteiger partial charge in [-0.05, 0) is 18.2 Å². The number of carboxylic acids is 1. The van der Waals surface area contributed by atoms with Gasteiger partial charge in [-0.1, -0.05) is 0 Å². The highest BCUT2D eigenvalue weighted by Crippen LogP contribution is 2.12. The van der Waals surface area contributed by atoms with Gasteiger partial charge in [0.2, 0.25) is 0 Å². The Bertz CT molecular complexity index is 643. The third-order valence-electron chi connectivity index (χ3n) is 2.72. The average Bonchev–Trinajstić information content (AvgIpc) is 2.69. The van der Waals surface area contributed by atoms with E-state index in [1.54, 1.807) is 6.07 Å². The monoisotopic (exact) mass is 266 g/mol. The van der Waals surface area contributed by atoms with Crippen molar-refractivity contribution >= 4 is 17.0 Å². The Kier molecular flexibility index (Phi) is 3.98. The van der Waals surface area contributed by atoms with Crippen molar-refractivity contribution in [3.05, 3.63) is 34.2 Å². The number of ether oxygens (including phenoxy) is 1. The van der Waals surface area contributed by atoms with Gasteiger partial charge >= 0.3 is 11.7 Å². The van der Waals surface area contributed by atoms with Crippen molar-refractivity contribution < 1.29 is 19.7 Å². The Labute approximate surface area is 108 Å². The summed E-state index contributed by atoms with van der Waals surface area (Å²) in [6.07, 6.45) is 0. The first kappa shape index (κ1) is 13.3. The molecule has 0 unspecified atom stereocenters. The largest absolute Gasteiger partial charge is 0.478 e. The van der Waals surface area contributed by atoms with Crippen LogP contribution < -0.4 is 5.69 Å². The summed E-state index contributed by atoms with van der Waals surface area (Å²) >= 11 is 0. The molecular formula is C12H14N2O5. The number of H-pyrrole nitrogens is 1. The number of aliphatic hydroxyl groups excluding tert-OH is 1. The van der Waals surface area contributed by atoms with Crippen LogP contribution in [-0.2, 0) is 11.3 Å². The van der Waals surface area contributed by atoms with E-state index >= 15 is 0 Å². The summed E-state index contributed by atoms with van der Waals surface area (Å²) in [5, 5.41) is 17.5. The molecular weight excluding hydrogens is 252 g/mol. The van der Waals surface area contributed by atoms with Crippen LogP contribution >= 0.6 is 0 Å². The first-order valence-electron chi connectivity index (χ1n) is 5.78. The number of imidazole rings is 1. The average molecular weight is 266 g/mol. The lowest BCUT2D eigenvalue weighted by atomic mass is 10.2. The highest BCUT2D eigenvalue weighted by Gasteiger charge is 2.09.